The van der Waals surface area contributed by atoms with Gasteiger partial charge in [-0.25, -0.2) is 8.78 Å². The molecule has 1 fully saturated rings. The number of aromatic nitrogens is 1. The zero-order valence-electron chi connectivity index (χ0n) is 16.0. The minimum Gasteiger partial charge on any atom is -0.358 e. The highest BCUT2D eigenvalue weighted by Crippen LogP contribution is 2.43. The Labute approximate surface area is 186 Å². The van der Waals surface area contributed by atoms with E-state index >= 15 is 4.39 Å². The number of benzene rings is 2. The van der Waals surface area contributed by atoms with Gasteiger partial charge in [0, 0.05) is 42.7 Å². The lowest BCUT2D eigenvalue weighted by Gasteiger charge is -2.34. The maximum atomic E-state index is 15.4. The Bertz CT molecular complexity index is 1170. The van der Waals surface area contributed by atoms with Crippen molar-refractivity contribution in [3.63, 3.8) is 0 Å². The van der Waals surface area contributed by atoms with Crippen molar-refractivity contribution in [1.29, 1.82) is 0 Å². The molecule has 0 bridgehead atoms. The molecule has 0 aliphatic carbocycles. The molecule has 0 spiro atoms. The number of anilines is 1. The molecule has 2 heterocycles. The van der Waals surface area contributed by atoms with Gasteiger partial charge in [-0.3, -0.25) is 4.79 Å². The van der Waals surface area contributed by atoms with Crippen LogP contribution in [0.1, 0.15) is 5.56 Å². The predicted octanol–water partition coefficient (Wildman–Crippen LogP) is 5.69. The van der Waals surface area contributed by atoms with Crippen LogP contribution >= 0.6 is 34.7 Å². The first-order chi connectivity index (χ1) is 14.3. The lowest BCUT2D eigenvalue weighted by molar-refractivity contribution is -0.126. The number of hydrogen-bond acceptors (Lipinski definition) is 4. The average molecular weight is 468 g/mol. The van der Waals surface area contributed by atoms with Crippen molar-refractivity contribution < 1.29 is 13.6 Å². The lowest BCUT2D eigenvalue weighted by Crippen LogP contribution is -2.48. The van der Waals surface area contributed by atoms with Gasteiger partial charge in [0.1, 0.15) is 16.3 Å². The fraction of sp³-hybridized carbons (Fsp3) is 0.238. The fourth-order valence-corrected chi connectivity index (χ4v) is 5.03. The highest BCUT2D eigenvalue weighted by atomic mass is 35.5. The highest BCUT2D eigenvalue weighted by molar-refractivity contribution is 7.11. The van der Waals surface area contributed by atoms with Crippen LogP contribution in [0.15, 0.2) is 30.9 Å². The second kappa shape index (κ2) is 8.13. The zero-order chi connectivity index (χ0) is 21.6. The van der Waals surface area contributed by atoms with E-state index in [1.165, 1.54) is 23.7 Å². The van der Waals surface area contributed by atoms with Gasteiger partial charge in [0.15, 0.2) is 5.82 Å². The van der Waals surface area contributed by atoms with E-state index in [-0.39, 0.29) is 27.0 Å². The van der Waals surface area contributed by atoms with Gasteiger partial charge in [-0.05, 0) is 48.3 Å². The maximum Gasteiger partial charge on any atom is 0.246 e. The van der Waals surface area contributed by atoms with E-state index < -0.39 is 11.6 Å². The van der Waals surface area contributed by atoms with E-state index in [0.29, 0.717) is 42.7 Å². The summed E-state index contributed by atoms with van der Waals surface area (Å²) < 4.78 is 33.5. The molecule has 3 aromatic rings. The molecule has 9 heteroatoms. The number of carbonyl (C=O) groups is 1. The summed E-state index contributed by atoms with van der Waals surface area (Å²) in [5.74, 6) is -1.16. The number of fused-ring (bicyclic) bond motifs is 1. The smallest absolute Gasteiger partial charge is 0.246 e. The SMILES string of the molecule is C=CC(=O)N1CCN(c2snc3c(F)c(-c4cc(C)c(F)cc4Cl)c(Cl)cc23)CC1. The van der Waals surface area contributed by atoms with Crippen LogP contribution in [-0.2, 0) is 4.79 Å². The summed E-state index contributed by atoms with van der Waals surface area (Å²) in [7, 11) is 0. The molecule has 0 atom stereocenters. The van der Waals surface area contributed by atoms with Gasteiger partial charge in [-0.15, -0.1) is 0 Å². The van der Waals surface area contributed by atoms with Crippen molar-refractivity contribution in [2.75, 3.05) is 31.1 Å². The topological polar surface area (TPSA) is 36.4 Å². The third-order valence-corrected chi connectivity index (χ3v) is 6.75. The molecule has 1 saturated heterocycles. The number of carbonyl (C=O) groups excluding carboxylic acids is 1. The second-order valence-corrected chi connectivity index (χ2v) is 8.60. The van der Waals surface area contributed by atoms with Gasteiger partial charge in [0.05, 0.1) is 10.0 Å². The summed E-state index contributed by atoms with van der Waals surface area (Å²) >= 11 is 13.8. The normalized spacial score (nSPS) is 14.4. The molecule has 4 rings (SSSR count). The first kappa shape index (κ1) is 21.0. The summed E-state index contributed by atoms with van der Waals surface area (Å²) in [6, 6.07) is 4.31. The van der Waals surface area contributed by atoms with Gasteiger partial charge >= 0.3 is 0 Å². The van der Waals surface area contributed by atoms with Crippen LogP contribution in [-0.4, -0.2) is 41.4 Å². The maximum absolute atomic E-state index is 15.4. The van der Waals surface area contributed by atoms with Gasteiger partial charge in [-0.1, -0.05) is 29.8 Å². The minimum atomic E-state index is -0.589. The van der Waals surface area contributed by atoms with Gasteiger partial charge < -0.3 is 9.80 Å². The molecular formula is C21H17Cl2F2N3OS. The summed E-state index contributed by atoms with van der Waals surface area (Å²) in [5.41, 5.74) is 0.967. The van der Waals surface area contributed by atoms with E-state index in [1.54, 1.807) is 17.9 Å². The van der Waals surface area contributed by atoms with Crippen LogP contribution in [0.25, 0.3) is 22.0 Å². The highest BCUT2D eigenvalue weighted by Gasteiger charge is 2.26. The molecule has 0 N–H and O–H groups in total. The summed E-state index contributed by atoms with van der Waals surface area (Å²) in [6.45, 7) is 7.38. The molecular weight excluding hydrogens is 451 g/mol. The van der Waals surface area contributed by atoms with E-state index in [4.69, 9.17) is 23.2 Å². The van der Waals surface area contributed by atoms with Crippen molar-refractivity contribution in [3.05, 3.63) is 58.1 Å². The molecule has 156 valence electrons. The molecule has 1 aromatic heterocycles. The van der Waals surface area contributed by atoms with Crippen LogP contribution in [0.5, 0.6) is 0 Å². The van der Waals surface area contributed by atoms with Gasteiger partial charge in [0.2, 0.25) is 5.91 Å². The Hall–Kier alpha value is -2.22. The Balaban J connectivity index is 1.74. The summed E-state index contributed by atoms with van der Waals surface area (Å²) in [6.07, 6.45) is 1.30. The quantitative estimate of drug-likeness (QED) is 0.464. The summed E-state index contributed by atoms with van der Waals surface area (Å²) in [5, 5.41) is 1.65. The number of nitrogens with zero attached hydrogens (tertiary/aromatic N) is 3. The van der Waals surface area contributed by atoms with Crippen LogP contribution in [0.4, 0.5) is 13.8 Å². The molecule has 1 aliphatic heterocycles. The monoisotopic (exact) mass is 467 g/mol. The zero-order valence-corrected chi connectivity index (χ0v) is 18.3. The molecule has 0 saturated carbocycles. The van der Waals surface area contributed by atoms with E-state index in [2.05, 4.69) is 15.9 Å². The average Bonchev–Trinajstić information content (AvgIpc) is 3.15. The molecule has 4 nitrogen and oxygen atoms in total. The minimum absolute atomic E-state index is 0.0803. The molecule has 2 aromatic carbocycles. The summed E-state index contributed by atoms with van der Waals surface area (Å²) in [4.78, 5) is 15.6. The van der Waals surface area contributed by atoms with Crippen LogP contribution in [0, 0.1) is 18.6 Å². The molecule has 30 heavy (non-hydrogen) atoms. The second-order valence-electron chi connectivity index (χ2n) is 7.03. The third kappa shape index (κ3) is 3.55. The number of hydrogen-bond donors (Lipinski definition) is 0. The first-order valence-corrected chi connectivity index (χ1v) is 10.7. The van der Waals surface area contributed by atoms with E-state index in [1.807, 2.05) is 0 Å². The van der Waals surface area contributed by atoms with Crippen molar-refractivity contribution >= 4 is 56.5 Å². The number of piperazine rings is 1. The first-order valence-electron chi connectivity index (χ1n) is 9.21. The Kier molecular flexibility index (Phi) is 5.70. The van der Waals surface area contributed by atoms with Crippen LogP contribution in [0.2, 0.25) is 10.0 Å². The van der Waals surface area contributed by atoms with Crippen molar-refractivity contribution in [2.24, 2.45) is 0 Å². The van der Waals surface area contributed by atoms with Crippen LogP contribution in [0.3, 0.4) is 0 Å². The number of aryl methyl sites for hydroxylation is 1. The fourth-order valence-electron chi connectivity index (χ4n) is 3.58. The van der Waals surface area contributed by atoms with Crippen molar-refractivity contribution in [2.45, 2.75) is 6.92 Å². The Morgan fingerprint density at radius 2 is 1.87 bits per heavy atom. The van der Waals surface area contributed by atoms with Gasteiger partial charge in [0.25, 0.3) is 0 Å². The number of amides is 1. The van der Waals surface area contributed by atoms with Crippen molar-refractivity contribution in [1.82, 2.24) is 9.27 Å². The Morgan fingerprint density at radius 1 is 1.17 bits per heavy atom. The van der Waals surface area contributed by atoms with Crippen LogP contribution < -0.4 is 4.90 Å². The molecule has 1 amide bonds. The third-order valence-electron chi connectivity index (χ3n) is 5.22. The van der Waals surface area contributed by atoms with Gasteiger partial charge in [-0.2, -0.15) is 4.37 Å². The standard InChI is InChI=1S/C21H17Cl2F2N3OS/c1-3-17(29)27-4-6-28(7-5-27)21-13-9-15(23)18(19(25)20(13)26-30-21)12-8-11(2)16(24)10-14(12)22/h3,8-10H,1,4-7H2,2H3. The molecule has 0 radical (unpaired) electrons. The van der Waals surface area contributed by atoms with E-state index in [9.17, 15) is 9.18 Å². The number of rotatable bonds is 3. The van der Waals surface area contributed by atoms with Crippen molar-refractivity contribution in [3.8, 4) is 11.1 Å². The predicted molar refractivity (Wildman–Crippen MR) is 119 cm³/mol. The van der Waals surface area contributed by atoms with E-state index in [0.717, 1.165) is 11.1 Å². The lowest BCUT2D eigenvalue weighted by atomic mass is 10.0. The number of halogens is 4. The largest absolute Gasteiger partial charge is 0.358 e. The molecule has 0 unspecified atom stereocenters. The Morgan fingerprint density at radius 3 is 2.53 bits per heavy atom. The molecule has 1 aliphatic rings.